The molecule has 222 valence electrons. The number of benzene rings is 2. The maximum Gasteiger partial charge on any atom is 0.402 e. The molecule has 0 radical (unpaired) electrons. The van der Waals surface area contributed by atoms with Crippen LogP contribution in [0.25, 0.3) is 22.3 Å². The zero-order chi connectivity index (χ0) is 29.6. The number of aliphatic hydroxyl groups excluding tert-OH is 7. The molecule has 2 aromatic carbocycles. The van der Waals surface area contributed by atoms with Crippen molar-refractivity contribution in [3.8, 4) is 34.3 Å². The summed E-state index contributed by atoms with van der Waals surface area (Å²) in [4.78, 5) is 0. The molecule has 2 aliphatic heterocycles. The number of phenols is 2. The Bertz CT molecular complexity index is 1360. The second-order valence-corrected chi connectivity index (χ2v) is 9.96. The van der Waals surface area contributed by atoms with E-state index >= 15 is 0 Å². The zero-order valence-electron chi connectivity index (χ0n) is 21.6. The highest BCUT2D eigenvalue weighted by Gasteiger charge is 2.46. The molecule has 2 aliphatic rings. The first-order chi connectivity index (χ1) is 19.5. The first-order valence-corrected chi connectivity index (χ1v) is 12.7. The molecular weight excluding hydrogens is 548 g/mol. The number of phenolic OH excluding ortho intramolecular Hbond substituents is 2. The summed E-state index contributed by atoms with van der Waals surface area (Å²) in [6.45, 7) is 0.800. The summed E-state index contributed by atoms with van der Waals surface area (Å²) in [6, 6.07) is 9.64. The zero-order valence-corrected chi connectivity index (χ0v) is 21.6. The second kappa shape index (κ2) is 11.5. The van der Waals surface area contributed by atoms with Crippen molar-refractivity contribution in [2.45, 2.75) is 68.3 Å². The summed E-state index contributed by atoms with van der Waals surface area (Å²) in [6.07, 6.45) is -14.9. The minimum Gasteiger partial charge on any atom is -0.508 e. The van der Waals surface area contributed by atoms with E-state index in [4.69, 9.17) is 23.4 Å². The predicted octanol–water partition coefficient (Wildman–Crippen LogP) is -0.823. The molecule has 3 heterocycles. The third-order valence-corrected chi connectivity index (χ3v) is 7.07. The van der Waals surface area contributed by atoms with Gasteiger partial charge in [-0.1, -0.05) is 0 Å². The van der Waals surface area contributed by atoms with Crippen LogP contribution in [0.4, 0.5) is 0 Å². The summed E-state index contributed by atoms with van der Waals surface area (Å²) in [5.74, 6) is -0.451. The monoisotopic (exact) mass is 579 g/mol. The van der Waals surface area contributed by atoms with Gasteiger partial charge in [0.1, 0.15) is 65.4 Å². The Hall–Kier alpha value is -3.31. The molecule has 9 N–H and O–H groups in total. The third kappa shape index (κ3) is 5.61. The molecule has 0 spiro atoms. The van der Waals surface area contributed by atoms with Crippen molar-refractivity contribution in [1.29, 1.82) is 0 Å². The Morgan fingerprint density at radius 2 is 1.32 bits per heavy atom. The molecule has 41 heavy (non-hydrogen) atoms. The summed E-state index contributed by atoms with van der Waals surface area (Å²) in [5, 5.41) is 91.3. The van der Waals surface area contributed by atoms with Crippen LogP contribution in [0, 0.1) is 0 Å². The Kier molecular flexibility index (Phi) is 8.20. The van der Waals surface area contributed by atoms with E-state index < -0.39 is 68.0 Å². The summed E-state index contributed by atoms with van der Waals surface area (Å²) < 4.78 is 28.8. The molecule has 2 saturated heterocycles. The fraction of sp³-hybridized carbons (Fsp3) is 0.444. The van der Waals surface area contributed by atoms with Gasteiger partial charge < -0.3 is 64.9 Å². The van der Waals surface area contributed by atoms with Crippen molar-refractivity contribution >= 4 is 11.0 Å². The molecule has 2 fully saturated rings. The van der Waals surface area contributed by atoms with Crippen LogP contribution >= 0.6 is 0 Å². The number of ether oxygens (including phenoxy) is 4. The van der Waals surface area contributed by atoms with Crippen molar-refractivity contribution in [2.75, 3.05) is 6.61 Å². The largest absolute Gasteiger partial charge is 0.508 e. The molecule has 3 aromatic rings. The molecule has 5 rings (SSSR count). The molecule has 0 aliphatic carbocycles. The number of hydrogen-bond donors (Lipinski definition) is 9. The van der Waals surface area contributed by atoms with Gasteiger partial charge in [-0.25, -0.2) is 4.42 Å². The number of aliphatic hydroxyl groups is 7. The first-order valence-electron chi connectivity index (χ1n) is 12.7. The van der Waals surface area contributed by atoms with Crippen LogP contribution in [0.1, 0.15) is 6.92 Å². The number of fused-ring (bicyclic) bond motifs is 1. The number of hydrogen-bond acceptors (Lipinski definition) is 13. The molecule has 0 amide bonds. The molecule has 0 unspecified atom stereocenters. The minimum absolute atomic E-state index is 0.0261. The highest BCUT2D eigenvalue weighted by molar-refractivity contribution is 5.88. The Morgan fingerprint density at radius 1 is 0.707 bits per heavy atom. The lowest BCUT2D eigenvalue weighted by molar-refractivity contribution is -0.277. The Balaban J connectivity index is 1.59. The molecule has 0 saturated carbocycles. The lowest BCUT2D eigenvalue weighted by Crippen LogP contribution is -2.60. The molecule has 10 atom stereocenters. The fourth-order valence-electron chi connectivity index (χ4n) is 4.70. The van der Waals surface area contributed by atoms with E-state index in [1.807, 2.05) is 0 Å². The second-order valence-electron chi connectivity index (χ2n) is 9.96. The lowest BCUT2D eigenvalue weighted by Gasteiger charge is -2.39. The summed E-state index contributed by atoms with van der Waals surface area (Å²) in [5.41, 5.74) is 0.451. The molecular formula is C27H31O14+. The normalized spacial score (nSPS) is 34.0. The van der Waals surface area contributed by atoms with Gasteiger partial charge in [0.25, 0.3) is 0 Å². The van der Waals surface area contributed by atoms with Crippen molar-refractivity contribution in [1.82, 2.24) is 0 Å². The van der Waals surface area contributed by atoms with Gasteiger partial charge in [-0.05, 0) is 31.2 Å². The van der Waals surface area contributed by atoms with Crippen molar-refractivity contribution in [3.05, 3.63) is 42.5 Å². The lowest BCUT2D eigenvalue weighted by atomic mass is 9.99. The van der Waals surface area contributed by atoms with Gasteiger partial charge in [0.05, 0.1) is 24.3 Å². The average molecular weight is 580 g/mol. The van der Waals surface area contributed by atoms with E-state index in [-0.39, 0.29) is 39.7 Å². The van der Waals surface area contributed by atoms with E-state index in [0.29, 0.717) is 5.56 Å². The van der Waals surface area contributed by atoms with Crippen LogP contribution in [-0.2, 0) is 9.47 Å². The third-order valence-electron chi connectivity index (χ3n) is 7.07. The Labute approximate surface area is 232 Å². The van der Waals surface area contributed by atoms with Crippen LogP contribution in [0.5, 0.6) is 23.0 Å². The quantitative estimate of drug-likeness (QED) is 0.163. The molecule has 1 aromatic heterocycles. The minimum atomic E-state index is -1.74. The average Bonchev–Trinajstić information content (AvgIpc) is 2.95. The van der Waals surface area contributed by atoms with Crippen molar-refractivity contribution < 1.29 is 69.3 Å². The van der Waals surface area contributed by atoms with E-state index in [1.54, 1.807) is 0 Å². The number of rotatable bonds is 6. The SMILES string of the molecule is C[C@@H]1O[C@@H](Oc2cc3c(O[C@@H]4O[C@H](CO)[C@@H](O)[C@H](O)[C@H]4O)cc(O)cc3[o+]c2-c2ccc(O)cc2)[C@H](O)[C@H](O)[C@H]1O. The summed E-state index contributed by atoms with van der Waals surface area (Å²) in [7, 11) is 0. The highest BCUT2D eigenvalue weighted by atomic mass is 16.7. The number of aromatic hydroxyl groups is 2. The topological polar surface area (TPSA) is 230 Å². The fourth-order valence-corrected chi connectivity index (χ4v) is 4.70. The van der Waals surface area contributed by atoms with E-state index in [2.05, 4.69) is 0 Å². The van der Waals surface area contributed by atoms with Gasteiger partial charge in [0.15, 0.2) is 0 Å². The van der Waals surface area contributed by atoms with Gasteiger partial charge in [-0.2, -0.15) is 0 Å². The van der Waals surface area contributed by atoms with Crippen LogP contribution in [0.15, 0.2) is 46.9 Å². The standard InChI is InChI=1S/C27H30O14/c1-10-19(31)21(33)23(35)26(37-10)40-17-8-14-15(38-25(17)11-2-4-12(29)5-3-11)6-13(30)7-16(14)39-27-24(36)22(34)20(32)18(9-28)41-27/h2-8,10,18-24,26-28,31-36H,9H2,1H3,(H-,29,30)/p+1/t10-,18+,19-,20+,21+,22-,23+,24+,26-,27+/m0/s1. The highest BCUT2D eigenvalue weighted by Crippen LogP contribution is 2.42. The van der Waals surface area contributed by atoms with Gasteiger partial charge in [0.2, 0.25) is 18.3 Å². The maximum absolute atomic E-state index is 10.5. The predicted molar refractivity (Wildman–Crippen MR) is 137 cm³/mol. The van der Waals surface area contributed by atoms with Crippen LogP contribution in [0.2, 0.25) is 0 Å². The first kappa shape index (κ1) is 29.2. The van der Waals surface area contributed by atoms with Gasteiger partial charge in [0, 0.05) is 12.1 Å². The van der Waals surface area contributed by atoms with E-state index in [9.17, 15) is 46.0 Å². The van der Waals surface area contributed by atoms with Crippen molar-refractivity contribution in [3.63, 3.8) is 0 Å². The van der Waals surface area contributed by atoms with Crippen LogP contribution < -0.4 is 9.47 Å². The summed E-state index contributed by atoms with van der Waals surface area (Å²) >= 11 is 0. The molecule has 14 heteroatoms. The van der Waals surface area contributed by atoms with E-state index in [1.165, 1.54) is 43.3 Å². The molecule has 0 bridgehead atoms. The van der Waals surface area contributed by atoms with Crippen LogP contribution in [-0.4, -0.2) is 114 Å². The van der Waals surface area contributed by atoms with Crippen LogP contribution in [0.3, 0.4) is 0 Å². The van der Waals surface area contributed by atoms with E-state index in [0.717, 1.165) is 6.07 Å². The van der Waals surface area contributed by atoms with Gasteiger partial charge in [-0.15, -0.1) is 0 Å². The van der Waals surface area contributed by atoms with Gasteiger partial charge in [-0.3, -0.25) is 0 Å². The maximum atomic E-state index is 10.5. The Morgan fingerprint density at radius 3 is 1.98 bits per heavy atom. The van der Waals surface area contributed by atoms with Crippen molar-refractivity contribution in [2.24, 2.45) is 0 Å². The smallest absolute Gasteiger partial charge is 0.402 e. The molecule has 14 nitrogen and oxygen atoms in total. The van der Waals surface area contributed by atoms with Gasteiger partial charge >= 0.3 is 11.3 Å².